The zero-order valence-electron chi connectivity index (χ0n) is 16.4. The summed E-state index contributed by atoms with van der Waals surface area (Å²) >= 11 is 0. The first-order chi connectivity index (χ1) is 14.1. The van der Waals surface area contributed by atoms with Gasteiger partial charge >= 0.3 is 0 Å². The summed E-state index contributed by atoms with van der Waals surface area (Å²) in [5.41, 5.74) is 2.67. The highest BCUT2D eigenvalue weighted by atomic mass is 19.1. The van der Waals surface area contributed by atoms with Crippen LogP contribution < -0.4 is 5.32 Å². The van der Waals surface area contributed by atoms with Gasteiger partial charge in [0, 0.05) is 36.3 Å². The molecule has 2 aliphatic carbocycles. The minimum absolute atomic E-state index is 0.0430. The Morgan fingerprint density at radius 1 is 1.07 bits per heavy atom. The Bertz CT molecular complexity index is 958. The molecule has 0 unspecified atom stereocenters. The van der Waals surface area contributed by atoms with Crippen LogP contribution in [0.1, 0.15) is 53.8 Å². The summed E-state index contributed by atoms with van der Waals surface area (Å²) in [6.07, 6.45) is 6.10. The molecule has 2 fully saturated rings. The van der Waals surface area contributed by atoms with Crippen LogP contribution in [-0.2, 0) is 17.6 Å². The van der Waals surface area contributed by atoms with Crippen molar-refractivity contribution in [2.45, 2.75) is 51.0 Å². The molecule has 1 N–H and O–H groups in total. The van der Waals surface area contributed by atoms with Crippen LogP contribution in [0.15, 0.2) is 24.3 Å². The van der Waals surface area contributed by atoms with Crippen molar-refractivity contribution in [3.05, 3.63) is 47.0 Å². The Balaban J connectivity index is 1.30. The number of carbonyl (C=O) groups excluding carboxylic acids is 2. The number of nitrogens with one attached hydrogen (secondary N) is 1. The second-order valence-corrected chi connectivity index (χ2v) is 8.34. The van der Waals surface area contributed by atoms with E-state index in [4.69, 9.17) is 0 Å². The number of fused-ring (bicyclic) bond motifs is 1. The summed E-state index contributed by atoms with van der Waals surface area (Å²) in [6, 6.07) is 6.57. The molecule has 6 nitrogen and oxygen atoms in total. The number of carbonyl (C=O) groups is 2. The summed E-state index contributed by atoms with van der Waals surface area (Å²) in [5, 5.41) is 7.61. The number of aromatic nitrogens is 2. The van der Waals surface area contributed by atoms with Crippen molar-refractivity contribution in [3.63, 3.8) is 0 Å². The zero-order valence-corrected chi connectivity index (χ0v) is 16.4. The summed E-state index contributed by atoms with van der Waals surface area (Å²) < 4.78 is 15.9. The number of para-hydroxylation sites is 1. The fraction of sp³-hybridized carbons (Fsp3) is 0.500. The molecular formula is C22H25FN4O2. The third-order valence-electron chi connectivity index (χ3n) is 6.29. The first-order valence-corrected chi connectivity index (χ1v) is 10.6. The lowest BCUT2D eigenvalue weighted by molar-refractivity contribution is -0.133. The molecule has 0 spiro atoms. The molecule has 2 aromatic rings. The number of halogens is 1. The minimum atomic E-state index is -0.343. The van der Waals surface area contributed by atoms with Gasteiger partial charge in [-0.15, -0.1) is 0 Å². The lowest BCUT2D eigenvalue weighted by atomic mass is 10.0. The van der Waals surface area contributed by atoms with Gasteiger partial charge in [-0.1, -0.05) is 12.1 Å². The van der Waals surface area contributed by atoms with E-state index in [1.54, 1.807) is 22.9 Å². The molecule has 0 atom stereocenters. The standard InChI is InChI=1S/C22H25FN4O2/c23-17-5-1-2-6-19(17)27-18-7-3-4-16(18)20(25-27)21(28)24-15-10-12-26(13-11-15)22(29)14-8-9-14/h1-2,5-6,14-15H,3-4,7-13H2,(H,24,28). The zero-order chi connectivity index (χ0) is 20.0. The fourth-order valence-electron chi connectivity index (χ4n) is 4.53. The lowest BCUT2D eigenvalue weighted by Gasteiger charge is -2.32. The van der Waals surface area contributed by atoms with Crippen LogP contribution in [0.2, 0.25) is 0 Å². The number of hydrogen-bond donors (Lipinski definition) is 1. The van der Waals surface area contributed by atoms with Crippen molar-refractivity contribution in [2.75, 3.05) is 13.1 Å². The molecule has 5 rings (SSSR count). The number of likely N-dealkylation sites (tertiary alicyclic amines) is 1. The minimum Gasteiger partial charge on any atom is -0.348 e. The number of benzene rings is 1. The highest BCUT2D eigenvalue weighted by molar-refractivity contribution is 5.94. The maximum absolute atomic E-state index is 14.3. The van der Waals surface area contributed by atoms with Gasteiger partial charge in [-0.25, -0.2) is 9.07 Å². The van der Waals surface area contributed by atoms with E-state index in [1.165, 1.54) is 6.07 Å². The topological polar surface area (TPSA) is 67.2 Å². The van der Waals surface area contributed by atoms with Crippen LogP contribution in [0.5, 0.6) is 0 Å². The average Bonchev–Trinajstić information content (AvgIpc) is 3.36. The first-order valence-electron chi connectivity index (χ1n) is 10.6. The monoisotopic (exact) mass is 396 g/mol. The third kappa shape index (κ3) is 3.43. The summed E-state index contributed by atoms with van der Waals surface area (Å²) in [4.78, 5) is 27.1. The van der Waals surface area contributed by atoms with Crippen molar-refractivity contribution in [1.82, 2.24) is 20.0 Å². The van der Waals surface area contributed by atoms with E-state index in [2.05, 4.69) is 10.4 Å². The van der Waals surface area contributed by atoms with E-state index in [-0.39, 0.29) is 29.6 Å². The van der Waals surface area contributed by atoms with Crippen LogP contribution in [-0.4, -0.2) is 45.6 Å². The number of hydrogen-bond acceptors (Lipinski definition) is 3. The van der Waals surface area contributed by atoms with Gasteiger partial charge in [0.2, 0.25) is 5.91 Å². The van der Waals surface area contributed by atoms with E-state index >= 15 is 0 Å². The van der Waals surface area contributed by atoms with Gasteiger partial charge in [0.15, 0.2) is 5.69 Å². The smallest absolute Gasteiger partial charge is 0.272 e. The van der Waals surface area contributed by atoms with Gasteiger partial charge in [-0.3, -0.25) is 9.59 Å². The predicted octanol–water partition coefficient (Wildman–Crippen LogP) is 2.63. The van der Waals surface area contributed by atoms with Crippen molar-refractivity contribution < 1.29 is 14.0 Å². The predicted molar refractivity (Wildman–Crippen MR) is 105 cm³/mol. The Kier molecular flexibility index (Phi) is 4.60. The molecule has 1 saturated heterocycles. The Labute approximate surface area is 169 Å². The normalized spacial score (nSPS) is 19.3. The van der Waals surface area contributed by atoms with Crippen LogP contribution in [0.4, 0.5) is 4.39 Å². The van der Waals surface area contributed by atoms with Gasteiger partial charge in [0.05, 0.1) is 0 Å². The van der Waals surface area contributed by atoms with Crippen LogP contribution in [0.3, 0.4) is 0 Å². The maximum atomic E-state index is 14.3. The summed E-state index contributed by atoms with van der Waals surface area (Å²) in [7, 11) is 0. The first kappa shape index (κ1) is 18.3. The molecule has 0 radical (unpaired) electrons. The second-order valence-electron chi connectivity index (χ2n) is 8.34. The van der Waals surface area contributed by atoms with Gasteiger partial charge < -0.3 is 10.2 Å². The van der Waals surface area contributed by atoms with Crippen LogP contribution >= 0.6 is 0 Å². The molecule has 29 heavy (non-hydrogen) atoms. The Morgan fingerprint density at radius 3 is 2.55 bits per heavy atom. The van der Waals surface area contributed by atoms with Gasteiger partial charge in [-0.2, -0.15) is 5.10 Å². The largest absolute Gasteiger partial charge is 0.348 e. The van der Waals surface area contributed by atoms with Crippen LogP contribution in [0.25, 0.3) is 5.69 Å². The molecule has 0 bridgehead atoms. The Morgan fingerprint density at radius 2 is 1.83 bits per heavy atom. The van der Waals surface area contributed by atoms with Crippen molar-refractivity contribution in [2.24, 2.45) is 5.92 Å². The molecule has 152 valence electrons. The van der Waals surface area contributed by atoms with E-state index in [0.717, 1.165) is 56.2 Å². The fourth-order valence-corrected chi connectivity index (χ4v) is 4.53. The van der Waals surface area contributed by atoms with E-state index in [9.17, 15) is 14.0 Å². The molecular weight excluding hydrogens is 371 g/mol. The van der Waals surface area contributed by atoms with Gasteiger partial charge in [0.1, 0.15) is 11.5 Å². The number of nitrogens with zero attached hydrogens (tertiary/aromatic N) is 3. The Hall–Kier alpha value is -2.70. The molecule has 1 aliphatic heterocycles. The van der Waals surface area contributed by atoms with Gasteiger partial charge in [-0.05, 0) is 57.1 Å². The van der Waals surface area contributed by atoms with E-state index in [1.807, 2.05) is 4.90 Å². The highest BCUT2D eigenvalue weighted by Gasteiger charge is 2.35. The highest BCUT2D eigenvalue weighted by Crippen LogP contribution is 2.32. The molecule has 1 aromatic carbocycles. The third-order valence-corrected chi connectivity index (χ3v) is 6.29. The lowest BCUT2D eigenvalue weighted by Crippen LogP contribution is -2.47. The number of piperidine rings is 1. The van der Waals surface area contributed by atoms with Gasteiger partial charge in [0.25, 0.3) is 5.91 Å². The molecule has 7 heteroatoms. The number of amides is 2. The van der Waals surface area contributed by atoms with E-state index < -0.39 is 0 Å². The summed E-state index contributed by atoms with van der Waals surface area (Å²) in [5.74, 6) is -0.0168. The molecule has 3 aliphatic rings. The van der Waals surface area contributed by atoms with Crippen molar-refractivity contribution in [1.29, 1.82) is 0 Å². The van der Waals surface area contributed by atoms with Crippen molar-refractivity contribution in [3.8, 4) is 5.69 Å². The molecule has 1 aromatic heterocycles. The van der Waals surface area contributed by atoms with Crippen LogP contribution in [0, 0.1) is 11.7 Å². The molecule has 2 heterocycles. The molecule has 1 saturated carbocycles. The quantitative estimate of drug-likeness (QED) is 0.864. The maximum Gasteiger partial charge on any atom is 0.272 e. The van der Waals surface area contributed by atoms with E-state index in [0.29, 0.717) is 24.5 Å². The number of rotatable bonds is 4. The summed E-state index contributed by atoms with van der Waals surface area (Å²) in [6.45, 7) is 1.39. The van der Waals surface area contributed by atoms with Crippen molar-refractivity contribution >= 4 is 11.8 Å². The average molecular weight is 396 g/mol. The second kappa shape index (κ2) is 7.28. The SMILES string of the molecule is O=C(NC1CCN(C(=O)C2CC2)CC1)c1nn(-c2ccccc2F)c2c1CCC2. The molecule has 2 amide bonds.